The van der Waals surface area contributed by atoms with Crippen LogP contribution in [0.1, 0.15) is 13.8 Å². The van der Waals surface area contributed by atoms with E-state index in [1.807, 2.05) is 0 Å². The topological polar surface area (TPSA) is 44.3 Å². The number of hydrogen-bond donors (Lipinski definition) is 3. The van der Waals surface area contributed by atoms with Crippen molar-refractivity contribution < 1.29 is 5.11 Å². The summed E-state index contributed by atoms with van der Waals surface area (Å²) in [5.41, 5.74) is 0. The second kappa shape index (κ2) is 6.99. The molecular formula is C7H19N2OP. The monoisotopic (exact) mass is 178 g/mol. The largest absolute Gasteiger partial charge is 0.390 e. The van der Waals surface area contributed by atoms with Crippen molar-refractivity contribution in [2.24, 2.45) is 5.92 Å². The highest BCUT2D eigenvalue weighted by Crippen LogP contribution is 1.87. The molecule has 0 saturated heterocycles. The fourth-order valence-electron chi connectivity index (χ4n) is 0.747. The minimum atomic E-state index is -0.286. The Hall–Kier alpha value is 0.310. The lowest BCUT2D eigenvalue weighted by molar-refractivity contribution is 0.175. The summed E-state index contributed by atoms with van der Waals surface area (Å²) in [5.74, 6) is 0.645. The third-order valence-electron chi connectivity index (χ3n) is 1.29. The Bertz CT molecular complexity index is 90.5. The first-order chi connectivity index (χ1) is 5.16. The van der Waals surface area contributed by atoms with E-state index in [1.54, 1.807) is 0 Å². The third-order valence-corrected chi connectivity index (χ3v) is 1.52. The van der Waals surface area contributed by atoms with Crippen LogP contribution in [0.5, 0.6) is 0 Å². The lowest BCUT2D eigenvalue weighted by Crippen LogP contribution is -2.34. The van der Waals surface area contributed by atoms with Gasteiger partial charge in [0, 0.05) is 13.1 Å². The van der Waals surface area contributed by atoms with Crippen molar-refractivity contribution in [2.45, 2.75) is 20.0 Å². The molecule has 68 valence electrons. The van der Waals surface area contributed by atoms with E-state index in [0.717, 1.165) is 6.54 Å². The molecule has 4 heteroatoms. The quantitative estimate of drug-likeness (QED) is 0.501. The predicted molar refractivity (Wildman–Crippen MR) is 51.4 cm³/mol. The molecule has 0 amide bonds. The van der Waals surface area contributed by atoms with Crippen molar-refractivity contribution in [3.05, 3.63) is 0 Å². The maximum absolute atomic E-state index is 9.22. The lowest BCUT2D eigenvalue weighted by atomic mass is 10.2. The molecule has 1 unspecified atom stereocenters. The minimum Gasteiger partial charge on any atom is -0.390 e. The van der Waals surface area contributed by atoms with Crippen molar-refractivity contribution in [1.82, 2.24) is 10.4 Å². The van der Waals surface area contributed by atoms with Gasteiger partial charge in [0.2, 0.25) is 0 Å². The number of rotatable bonds is 6. The van der Waals surface area contributed by atoms with E-state index in [-0.39, 0.29) is 6.10 Å². The molecule has 0 aromatic heterocycles. The van der Waals surface area contributed by atoms with Gasteiger partial charge in [-0.2, -0.15) is 0 Å². The highest BCUT2D eigenvalue weighted by Gasteiger charge is 2.01. The van der Waals surface area contributed by atoms with Gasteiger partial charge in [0.25, 0.3) is 0 Å². The van der Waals surface area contributed by atoms with Gasteiger partial charge in [-0.15, -0.1) is 0 Å². The van der Waals surface area contributed by atoms with Crippen molar-refractivity contribution in [1.29, 1.82) is 0 Å². The van der Waals surface area contributed by atoms with Crippen molar-refractivity contribution in [2.75, 3.05) is 19.6 Å². The fourth-order valence-corrected chi connectivity index (χ4v) is 1.02. The summed E-state index contributed by atoms with van der Waals surface area (Å²) in [6.45, 7) is 6.55. The van der Waals surface area contributed by atoms with Gasteiger partial charge in [-0.1, -0.05) is 23.2 Å². The van der Waals surface area contributed by atoms with E-state index in [1.165, 1.54) is 0 Å². The molecule has 3 N–H and O–H groups in total. The Kier molecular flexibility index (Phi) is 7.18. The van der Waals surface area contributed by atoms with E-state index in [9.17, 15) is 5.11 Å². The molecule has 0 aromatic carbocycles. The van der Waals surface area contributed by atoms with Crippen molar-refractivity contribution >= 4 is 9.39 Å². The fraction of sp³-hybridized carbons (Fsp3) is 1.00. The van der Waals surface area contributed by atoms with Crippen LogP contribution in [0.3, 0.4) is 0 Å². The van der Waals surface area contributed by atoms with Crippen LogP contribution in [-0.2, 0) is 0 Å². The van der Waals surface area contributed by atoms with Crippen LogP contribution in [0.2, 0.25) is 0 Å². The van der Waals surface area contributed by atoms with Gasteiger partial charge in [-0.3, -0.25) is 5.09 Å². The molecule has 0 aliphatic heterocycles. The second-order valence-electron chi connectivity index (χ2n) is 3.11. The summed E-state index contributed by atoms with van der Waals surface area (Å²) in [4.78, 5) is 0. The molecule has 11 heavy (non-hydrogen) atoms. The standard InChI is InChI=1S/C7H19N2OP/c1-6(2)3-8-4-7(10)5-9-11/h6-10H,3-5,11H2,1-2H3/t7-/m1/s1. The van der Waals surface area contributed by atoms with E-state index >= 15 is 0 Å². The average molecular weight is 178 g/mol. The average Bonchev–Trinajstić information content (AvgIpc) is 1.87. The van der Waals surface area contributed by atoms with E-state index < -0.39 is 0 Å². The first-order valence-corrected chi connectivity index (χ1v) is 4.56. The normalized spacial score (nSPS) is 13.9. The zero-order valence-corrected chi connectivity index (χ0v) is 8.46. The molecule has 0 heterocycles. The predicted octanol–water partition coefficient (Wildman–Crippen LogP) is -0.0274. The lowest BCUT2D eigenvalue weighted by Gasteiger charge is -2.12. The van der Waals surface area contributed by atoms with Crippen LogP contribution in [0, 0.1) is 5.92 Å². The van der Waals surface area contributed by atoms with Crippen molar-refractivity contribution in [3.63, 3.8) is 0 Å². The Morgan fingerprint density at radius 2 is 1.91 bits per heavy atom. The van der Waals surface area contributed by atoms with E-state index in [2.05, 4.69) is 33.6 Å². The van der Waals surface area contributed by atoms with E-state index in [0.29, 0.717) is 19.0 Å². The second-order valence-corrected chi connectivity index (χ2v) is 3.52. The molecule has 0 saturated carbocycles. The van der Waals surface area contributed by atoms with Crippen LogP contribution >= 0.6 is 9.39 Å². The number of hydrogen-bond acceptors (Lipinski definition) is 3. The van der Waals surface area contributed by atoms with Gasteiger partial charge in [0.05, 0.1) is 6.10 Å². The molecule has 0 spiro atoms. The summed E-state index contributed by atoms with van der Waals surface area (Å²) in [7, 11) is 2.37. The maximum atomic E-state index is 9.22. The Morgan fingerprint density at radius 3 is 2.36 bits per heavy atom. The zero-order chi connectivity index (χ0) is 8.69. The zero-order valence-electron chi connectivity index (χ0n) is 7.30. The summed E-state index contributed by atoms with van der Waals surface area (Å²) < 4.78 is 0. The van der Waals surface area contributed by atoms with Crippen LogP contribution in [-0.4, -0.2) is 30.8 Å². The first-order valence-electron chi connectivity index (χ1n) is 3.99. The van der Waals surface area contributed by atoms with Gasteiger partial charge < -0.3 is 10.4 Å². The summed E-state index contributed by atoms with van der Waals surface area (Å²) in [5, 5.41) is 15.2. The summed E-state index contributed by atoms with van der Waals surface area (Å²) in [6, 6.07) is 0. The highest BCUT2D eigenvalue weighted by atomic mass is 31.0. The Morgan fingerprint density at radius 1 is 1.27 bits per heavy atom. The van der Waals surface area contributed by atoms with Gasteiger partial charge in [0.15, 0.2) is 0 Å². The summed E-state index contributed by atoms with van der Waals surface area (Å²) >= 11 is 0. The molecule has 0 aliphatic carbocycles. The van der Waals surface area contributed by atoms with Crippen LogP contribution < -0.4 is 10.4 Å². The maximum Gasteiger partial charge on any atom is 0.0791 e. The third kappa shape index (κ3) is 8.21. The SMILES string of the molecule is CC(C)CNC[C@@H](O)CNP. The van der Waals surface area contributed by atoms with Crippen molar-refractivity contribution in [3.8, 4) is 0 Å². The summed E-state index contributed by atoms with van der Waals surface area (Å²) in [6.07, 6.45) is -0.286. The van der Waals surface area contributed by atoms with Gasteiger partial charge >= 0.3 is 0 Å². The smallest absolute Gasteiger partial charge is 0.0791 e. The number of aliphatic hydroxyl groups excluding tert-OH is 1. The molecule has 0 fully saturated rings. The first kappa shape index (κ1) is 11.3. The van der Waals surface area contributed by atoms with Crippen LogP contribution in [0.25, 0.3) is 0 Å². The van der Waals surface area contributed by atoms with Gasteiger partial charge in [-0.25, -0.2) is 0 Å². The molecule has 2 atom stereocenters. The van der Waals surface area contributed by atoms with Gasteiger partial charge in [0.1, 0.15) is 0 Å². The molecule has 3 nitrogen and oxygen atoms in total. The molecule has 0 bridgehead atoms. The highest BCUT2D eigenvalue weighted by molar-refractivity contribution is 7.13. The Balaban J connectivity index is 3.10. The van der Waals surface area contributed by atoms with E-state index in [4.69, 9.17) is 0 Å². The van der Waals surface area contributed by atoms with Crippen LogP contribution in [0.4, 0.5) is 0 Å². The molecule has 0 rings (SSSR count). The van der Waals surface area contributed by atoms with Gasteiger partial charge in [-0.05, 0) is 12.5 Å². The molecule has 0 aromatic rings. The van der Waals surface area contributed by atoms with Crippen LogP contribution in [0.15, 0.2) is 0 Å². The molecule has 0 radical (unpaired) electrons. The number of nitrogens with one attached hydrogen (secondary N) is 2. The Labute approximate surface area is 71.2 Å². The number of aliphatic hydroxyl groups is 1. The minimum absolute atomic E-state index is 0.286. The molecule has 0 aliphatic rings. The molecular weight excluding hydrogens is 159 g/mol.